The van der Waals surface area contributed by atoms with Gasteiger partial charge in [-0.3, -0.25) is 14.9 Å². The summed E-state index contributed by atoms with van der Waals surface area (Å²) in [7, 11) is 0. The van der Waals surface area contributed by atoms with E-state index < -0.39 is 17.8 Å². The van der Waals surface area contributed by atoms with Gasteiger partial charge in [0, 0.05) is 39.3 Å². The molecule has 9 heteroatoms. The second-order valence-electron chi connectivity index (χ2n) is 8.39. The third-order valence-corrected chi connectivity index (χ3v) is 6.44. The predicted molar refractivity (Wildman–Crippen MR) is 144 cm³/mol. The van der Waals surface area contributed by atoms with Crippen molar-refractivity contribution in [3.8, 4) is 5.75 Å². The van der Waals surface area contributed by atoms with Crippen LogP contribution in [0.25, 0.3) is 17.0 Å². The smallest absolute Gasteiger partial charge is 0.335 e. The summed E-state index contributed by atoms with van der Waals surface area (Å²) in [6.45, 7) is 1.16. The van der Waals surface area contributed by atoms with Crippen molar-refractivity contribution in [2.45, 2.75) is 13.0 Å². The molecule has 0 bridgehead atoms. The number of aromatic nitrogens is 1. The Hall–Kier alpha value is -4.07. The Balaban J connectivity index is 1.39. The van der Waals surface area contributed by atoms with E-state index in [1.165, 1.54) is 6.08 Å². The molecule has 3 aromatic carbocycles. The molecule has 0 radical (unpaired) electrons. The second kappa shape index (κ2) is 10.5. The molecule has 0 atom stereocenters. The van der Waals surface area contributed by atoms with Gasteiger partial charge in [0.15, 0.2) is 0 Å². The standard InChI is InChI=1S/C28H21Cl2N3O4/c29-19-6-10-21(11-7-19)33-27(35)24(26(34)31-28(33)36)16-18-17-32(25-5-2-1-4-23(18)25)14-3-15-37-22-12-8-20(30)9-13-22/h1-2,4-13,16-17H,3,14-15H2,(H,31,34,36). The summed E-state index contributed by atoms with van der Waals surface area (Å²) in [6, 6.07) is 20.4. The lowest BCUT2D eigenvalue weighted by Crippen LogP contribution is -2.54. The molecule has 2 heterocycles. The van der Waals surface area contributed by atoms with Crippen molar-refractivity contribution in [1.29, 1.82) is 0 Å². The van der Waals surface area contributed by atoms with E-state index in [2.05, 4.69) is 9.88 Å². The number of carbonyl (C=O) groups excluding carboxylic acids is 3. The minimum absolute atomic E-state index is 0.136. The quantitative estimate of drug-likeness (QED) is 0.177. The molecular formula is C28H21Cl2N3O4. The van der Waals surface area contributed by atoms with Gasteiger partial charge in [-0.05, 0) is 67.1 Å². The number of fused-ring (bicyclic) bond motifs is 1. The average Bonchev–Trinajstić information content (AvgIpc) is 3.24. The fraction of sp³-hybridized carbons (Fsp3) is 0.107. The van der Waals surface area contributed by atoms with E-state index in [1.807, 2.05) is 42.6 Å². The molecule has 0 unspecified atom stereocenters. The summed E-state index contributed by atoms with van der Waals surface area (Å²) in [5.74, 6) is -0.702. The Morgan fingerprint density at radius 3 is 2.27 bits per heavy atom. The van der Waals surface area contributed by atoms with Crippen LogP contribution in [-0.4, -0.2) is 29.0 Å². The molecule has 1 aromatic heterocycles. The summed E-state index contributed by atoms with van der Waals surface area (Å²) in [4.78, 5) is 39.3. The number of rotatable bonds is 7. The van der Waals surface area contributed by atoms with Crippen LogP contribution in [0.2, 0.25) is 10.0 Å². The maximum atomic E-state index is 13.3. The molecule has 1 aliphatic heterocycles. The normalized spacial score (nSPS) is 14.9. The van der Waals surface area contributed by atoms with Gasteiger partial charge in [0.2, 0.25) is 0 Å². The fourth-order valence-corrected chi connectivity index (χ4v) is 4.42. The zero-order valence-corrected chi connectivity index (χ0v) is 21.0. The number of amides is 4. The SMILES string of the molecule is O=C1NC(=O)N(c2ccc(Cl)cc2)C(=O)C1=Cc1cn(CCCOc2ccc(Cl)cc2)c2ccccc12. The number of nitrogens with one attached hydrogen (secondary N) is 1. The molecule has 0 aliphatic carbocycles. The zero-order valence-electron chi connectivity index (χ0n) is 19.5. The van der Waals surface area contributed by atoms with Crippen LogP contribution in [0.15, 0.2) is 84.6 Å². The van der Waals surface area contributed by atoms with Crippen LogP contribution in [0.1, 0.15) is 12.0 Å². The van der Waals surface area contributed by atoms with Crippen molar-refractivity contribution < 1.29 is 19.1 Å². The number of halogens is 2. The number of benzene rings is 3. The van der Waals surface area contributed by atoms with Gasteiger partial charge in [0.1, 0.15) is 11.3 Å². The number of urea groups is 1. The number of anilines is 1. The highest BCUT2D eigenvalue weighted by atomic mass is 35.5. The first-order valence-corrected chi connectivity index (χ1v) is 12.3. The third kappa shape index (κ3) is 5.23. The lowest BCUT2D eigenvalue weighted by atomic mass is 10.1. The van der Waals surface area contributed by atoms with E-state index in [0.29, 0.717) is 34.4 Å². The minimum atomic E-state index is -0.808. The van der Waals surface area contributed by atoms with Crippen LogP contribution in [0.3, 0.4) is 0 Å². The van der Waals surface area contributed by atoms with Crippen LogP contribution >= 0.6 is 23.2 Å². The van der Waals surface area contributed by atoms with Gasteiger partial charge in [0.25, 0.3) is 11.8 Å². The first-order valence-electron chi connectivity index (χ1n) is 11.5. The molecule has 0 spiro atoms. The Morgan fingerprint density at radius 2 is 1.54 bits per heavy atom. The number of para-hydroxylation sites is 1. The predicted octanol–water partition coefficient (Wildman–Crippen LogP) is 6.08. The third-order valence-electron chi connectivity index (χ3n) is 5.93. The summed E-state index contributed by atoms with van der Waals surface area (Å²) < 4.78 is 7.85. The number of hydrogen-bond acceptors (Lipinski definition) is 4. The van der Waals surface area contributed by atoms with Gasteiger partial charge in [-0.15, -0.1) is 0 Å². The van der Waals surface area contributed by atoms with Gasteiger partial charge < -0.3 is 9.30 Å². The van der Waals surface area contributed by atoms with Crippen molar-refractivity contribution in [3.63, 3.8) is 0 Å². The summed E-state index contributed by atoms with van der Waals surface area (Å²) in [5.41, 5.74) is 1.82. The van der Waals surface area contributed by atoms with Crippen LogP contribution in [0.4, 0.5) is 10.5 Å². The van der Waals surface area contributed by atoms with E-state index in [4.69, 9.17) is 27.9 Å². The number of imide groups is 2. The molecule has 1 fully saturated rings. The molecule has 4 amide bonds. The molecule has 7 nitrogen and oxygen atoms in total. The highest BCUT2D eigenvalue weighted by Gasteiger charge is 2.37. The van der Waals surface area contributed by atoms with Crippen LogP contribution in [0, 0.1) is 0 Å². The summed E-state index contributed by atoms with van der Waals surface area (Å²) in [6.07, 6.45) is 4.15. The first kappa shape index (κ1) is 24.6. The second-order valence-corrected chi connectivity index (χ2v) is 9.26. The molecule has 37 heavy (non-hydrogen) atoms. The van der Waals surface area contributed by atoms with E-state index in [-0.39, 0.29) is 5.57 Å². The maximum absolute atomic E-state index is 13.3. The van der Waals surface area contributed by atoms with E-state index in [1.54, 1.807) is 36.4 Å². The Kier molecular flexibility index (Phi) is 6.99. The van der Waals surface area contributed by atoms with Crippen molar-refractivity contribution in [1.82, 2.24) is 9.88 Å². The number of hydrogen-bond donors (Lipinski definition) is 1. The molecule has 1 aliphatic rings. The lowest BCUT2D eigenvalue weighted by Gasteiger charge is -2.26. The molecule has 0 saturated carbocycles. The average molecular weight is 534 g/mol. The molecule has 1 saturated heterocycles. The van der Waals surface area contributed by atoms with Crippen LogP contribution in [-0.2, 0) is 16.1 Å². The number of carbonyl (C=O) groups is 3. The number of ether oxygens (including phenoxy) is 1. The largest absolute Gasteiger partial charge is 0.494 e. The van der Waals surface area contributed by atoms with E-state index in [9.17, 15) is 14.4 Å². The highest BCUT2D eigenvalue weighted by molar-refractivity contribution is 6.39. The first-order chi connectivity index (χ1) is 17.9. The summed E-state index contributed by atoms with van der Waals surface area (Å²) >= 11 is 11.9. The molecular weight excluding hydrogens is 513 g/mol. The van der Waals surface area contributed by atoms with Crippen molar-refractivity contribution in [3.05, 3.63) is 100 Å². The zero-order chi connectivity index (χ0) is 25.9. The lowest BCUT2D eigenvalue weighted by molar-refractivity contribution is -0.122. The molecule has 186 valence electrons. The number of aryl methyl sites for hydroxylation is 1. The van der Waals surface area contributed by atoms with Crippen molar-refractivity contribution in [2.75, 3.05) is 11.5 Å². The van der Waals surface area contributed by atoms with Gasteiger partial charge in [-0.1, -0.05) is 41.4 Å². The minimum Gasteiger partial charge on any atom is -0.494 e. The monoisotopic (exact) mass is 533 g/mol. The number of nitrogens with zero attached hydrogens (tertiary/aromatic N) is 2. The Labute approximate surface area is 222 Å². The van der Waals surface area contributed by atoms with Gasteiger partial charge in [-0.2, -0.15) is 0 Å². The topological polar surface area (TPSA) is 80.6 Å². The van der Waals surface area contributed by atoms with Crippen LogP contribution in [0.5, 0.6) is 5.75 Å². The highest BCUT2D eigenvalue weighted by Crippen LogP contribution is 2.27. The number of barbiturate groups is 1. The molecule has 5 rings (SSSR count). The van der Waals surface area contributed by atoms with E-state index in [0.717, 1.165) is 28.0 Å². The Morgan fingerprint density at radius 1 is 0.865 bits per heavy atom. The maximum Gasteiger partial charge on any atom is 0.335 e. The Bertz CT molecular complexity index is 1530. The van der Waals surface area contributed by atoms with Crippen LogP contribution < -0.4 is 15.0 Å². The van der Waals surface area contributed by atoms with E-state index >= 15 is 0 Å². The van der Waals surface area contributed by atoms with Gasteiger partial charge in [0.05, 0.1) is 12.3 Å². The van der Waals surface area contributed by atoms with Crippen molar-refractivity contribution >= 4 is 63.7 Å². The molecule has 1 N–H and O–H groups in total. The van der Waals surface area contributed by atoms with Crippen molar-refractivity contribution in [2.24, 2.45) is 0 Å². The molecule has 4 aromatic rings. The van der Waals surface area contributed by atoms with Gasteiger partial charge >= 0.3 is 6.03 Å². The van der Waals surface area contributed by atoms with Gasteiger partial charge in [-0.25, -0.2) is 9.69 Å². The fourth-order valence-electron chi connectivity index (χ4n) is 4.17. The summed E-state index contributed by atoms with van der Waals surface area (Å²) in [5, 5.41) is 4.25.